The Morgan fingerprint density at radius 2 is 1.71 bits per heavy atom. The molecule has 0 aliphatic carbocycles. The van der Waals surface area contributed by atoms with E-state index >= 15 is 0 Å². The zero-order valence-electron chi connectivity index (χ0n) is 14.7. The number of pyridine rings is 1. The topological polar surface area (TPSA) is 72.0 Å². The number of nitrogens with zero attached hydrogens (tertiary/aromatic N) is 3. The summed E-state index contributed by atoms with van der Waals surface area (Å²) < 4.78 is 11.4. The van der Waals surface area contributed by atoms with Gasteiger partial charge in [0.25, 0.3) is 11.8 Å². The molecule has 1 aromatic rings. The highest BCUT2D eigenvalue weighted by atomic mass is 16.5. The molecule has 0 spiro atoms. The van der Waals surface area contributed by atoms with Crippen LogP contribution in [0.3, 0.4) is 0 Å². The SMILES string of the molecule is CC(=O)N1CCN(C(=O)C(C)Oc2cccnc2OC(C)C)CC1. The third-order valence-electron chi connectivity index (χ3n) is 3.77. The Labute approximate surface area is 142 Å². The Morgan fingerprint density at radius 1 is 1.08 bits per heavy atom. The lowest BCUT2D eigenvalue weighted by Gasteiger charge is -2.35. The predicted octanol–water partition coefficient (Wildman–Crippen LogP) is 1.33. The predicted molar refractivity (Wildman–Crippen MR) is 88.9 cm³/mol. The lowest BCUT2D eigenvalue weighted by Crippen LogP contribution is -2.52. The van der Waals surface area contributed by atoms with Gasteiger partial charge >= 0.3 is 0 Å². The molecule has 1 fully saturated rings. The molecule has 7 heteroatoms. The van der Waals surface area contributed by atoms with E-state index in [-0.39, 0.29) is 17.9 Å². The first-order valence-electron chi connectivity index (χ1n) is 8.21. The lowest BCUT2D eigenvalue weighted by molar-refractivity contribution is -0.143. The summed E-state index contributed by atoms with van der Waals surface area (Å²) in [6, 6.07) is 3.48. The minimum absolute atomic E-state index is 0.0343. The van der Waals surface area contributed by atoms with Crippen LogP contribution in [0.1, 0.15) is 27.7 Å². The molecule has 7 nitrogen and oxygen atoms in total. The molecule has 0 radical (unpaired) electrons. The molecule has 1 unspecified atom stereocenters. The first-order chi connectivity index (χ1) is 11.4. The molecule has 0 N–H and O–H groups in total. The Morgan fingerprint density at radius 3 is 2.29 bits per heavy atom. The van der Waals surface area contributed by atoms with E-state index in [1.165, 1.54) is 0 Å². The third-order valence-corrected chi connectivity index (χ3v) is 3.77. The van der Waals surface area contributed by atoms with E-state index in [4.69, 9.17) is 9.47 Å². The van der Waals surface area contributed by atoms with Gasteiger partial charge in [-0.2, -0.15) is 0 Å². The number of hydrogen-bond acceptors (Lipinski definition) is 5. The van der Waals surface area contributed by atoms with Gasteiger partial charge in [-0.15, -0.1) is 0 Å². The van der Waals surface area contributed by atoms with Crippen molar-refractivity contribution in [3.05, 3.63) is 18.3 Å². The highest BCUT2D eigenvalue weighted by Gasteiger charge is 2.27. The van der Waals surface area contributed by atoms with Gasteiger partial charge in [0.05, 0.1) is 6.10 Å². The number of rotatable bonds is 5. The van der Waals surface area contributed by atoms with Crippen molar-refractivity contribution in [1.29, 1.82) is 0 Å². The van der Waals surface area contributed by atoms with Crippen LogP contribution in [0.5, 0.6) is 11.6 Å². The Bertz CT molecular complexity index is 583. The zero-order valence-corrected chi connectivity index (χ0v) is 14.7. The van der Waals surface area contributed by atoms with Gasteiger partial charge in [0.2, 0.25) is 5.91 Å². The van der Waals surface area contributed by atoms with Crippen molar-refractivity contribution < 1.29 is 19.1 Å². The molecule has 24 heavy (non-hydrogen) atoms. The van der Waals surface area contributed by atoms with Gasteiger partial charge in [-0.05, 0) is 32.9 Å². The van der Waals surface area contributed by atoms with Crippen LogP contribution in [0.4, 0.5) is 0 Å². The molecule has 2 amide bonds. The van der Waals surface area contributed by atoms with Crippen LogP contribution in [0.25, 0.3) is 0 Å². The van der Waals surface area contributed by atoms with E-state index in [1.54, 1.807) is 42.0 Å². The molecule has 1 atom stereocenters. The van der Waals surface area contributed by atoms with Crippen molar-refractivity contribution in [3.63, 3.8) is 0 Å². The second kappa shape index (κ2) is 7.99. The van der Waals surface area contributed by atoms with Crippen LogP contribution in [-0.2, 0) is 9.59 Å². The molecule has 0 bridgehead atoms. The van der Waals surface area contributed by atoms with Gasteiger partial charge < -0.3 is 19.3 Å². The Balaban J connectivity index is 1.96. The monoisotopic (exact) mass is 335 g/mol. The van der Waals surface area contributed by atoms with Gasteiger partial charge in [0.15, 0.2) is 11.9 Å². The van der Waals surface area contributed by atoms with Crippen molar-refractivity contribution in [1.82, 2.24) is 14.8 Å². The first-order valence-corrected chi connectivity index (χ1v) is 8.21. The molecule has 2 rings (SSSR count). The largest absolute Gasteiger partial charge is 0.475 e. The molecular formula is C17H25N3O4. The molecule has 2 heterocycles. The highest BCUT2D eigenvalue weighted by molar-refractivity contribution is 5.81. The average Bonchev–Trinajstić information content (AvgIpc) is 2.55. The van der Waals surface area contributed by atoms with Crippen LogP contribution in [-0.4, -0.2) is 65.0 Å². The van der Waals surface area contributed by atoms with Crippen LogP contribution < -0.4 is 9.47 Å². The van der Waals surface area contributed by atoms with E-state index in [2.05, 4.69) is 4.98 Å². The van der Waals surface area contributed by atoms with Crippen molar-refractivity contribution in [2.45, 2.75) is 39.9 Å². The van der Waals surface area contributed by atoms with E-state index in [9.17, 15) is 9.59 Å². The fourth-order valence-electron chi connectivity index (χ4n) is 2.52. The van der Waals surface area contributed by atoms with Crippen LogP contribution in [0.2, 0.25) is 0 Å². The minimum Gasteiger partial charge on any atom is -0.475 e. The summed E-state index contributed by atoms with van der Waals surface area (Å²) in [6.07, 6.45) is 0.943. The molecule has 0 aromatic carbocycles. The van der Waals surface area contributed by atoms with Crippen molar-refractivity contribution >= 4 is 11.8 Å². The number of carbonyl (C=O) groups is 2. The van der Waals surface area contributed by atoms with Gasteiger partial charge in [0, 0.05) is 39.3 Å². The van der Waals surface area contributed by atoms with Crippen molar-refractivity contribution in [2.24, 2.45) is 0 Å². The smallest absolute Gasteiger partial charge is 0.263 e. The van der Waals surface area contributed by atoms with Gasteiger partial charge in [-0.3, -0.25) is 9.59 Å². The number of hydrogen-bond donors (Lipinski definition) is 0. The van der Waals surface area contributed by atoms with E-state index in [0.717, 1.165) is 0 Å². The molecule has 132 valence electrons. The molecule has 1 aliphatic heterocycles. The summed E-state index contributed by atoms with van der Waals surface area (Å²) in [5, 5.41) is 0. The van der Waals surface area contributed by atoms with E-state index in [1.807, 2.05) is 13.8 Å². The lowest BCUT2D eigenvalue weighted by atomic mass is 10.2. The maximum Gasteiger partial charge on any atom is 0.263 e. The molecular weight excluding hydrogens is 310 g/mol. The summed E-state index contributed by atoms with van der Waals surface area (Å²) in [5.41, 5.74) is 0. The maximum absolute atomic E-state index is 12.5. The number of carbonyl (C=O) groups excluding carboxylic acids is 2. The Hall–Kier alpha value is -2.31. The number of ether oxygens (including phenoxy) is 2. The second-order valence-electron chi connectivity index (χ2n) is 6.06. The quantitative estimate of drug-likeness (QED) is 0.812. The maximum atomic E-state index is 12.5. The van der Waals surface area contributed by atoms with Crippen LogP contribution in [0.15, 0.2) is 18.3 Å². The summed E-state index contributed by atoms with van der Waals surface area (Å²) in [7, 11) is 0. The summed E-state index contributed by atoms with van der Waals surface area (Å²) in [4.78, 5) is 31.5. The van der Waals surface area contributed by atoms with Crippen LogP contribution >= 0.6 is 0 Å². The molecule has 1 aliphatic rings. The highest BCUT2D eigenvalue weighted by Crippen LogP contribution is 2.26. The number of aromatic nitrogens is 1. The molecule has 1 aromatic heterocycles. The van der Waals surface area contributed by atoms with E-state index in [0.29, 0.717) is 37.8 Å². The second-order valence-corrected chi connectivity index (χ2v) is 6.06. The summed E-state index contributed by atoms with van der Waals surface area (Å²) >= 11 is 0. The van der Waals surface area contributed by atoms with Crippen LogP contribution in [0, 0.1) is 0 Å². The normalized spacial score (nSPS) is 16.0. The van der Waals surface area contributed by atoms with Gasteiger partial charge in [-0.25, -0.2) is 4.98 Å². The zero-order chi connectivity index (χ0) is 17.7. The fourth-order valence-corrected chi connectivity index (χ4v) is 2.52. The summed E-state index contributed by atoms with van der Waals surface area (Å²) in [5.74, 6) is 0.776. The van der Waals surface area contributed by atoms with Gasteiger partial charge in [0.1, 0.15) is 0 Å². The van der Waals surface area contributed by atoms with Crippen molar-refractivity contribution in [3.8, 4) is 11.6 Å². The van der Waals surface area contributed by atoms with Crippen molar-refractivity contribution in [2.75, 3.05) is 26.2 Å². The standard InChI is InChI=1S/C17H25N3O4/c1-12(2)23-16-15(6-5-7-18-16)24-13(3)17(22)20-10-8-19(9-11-20)14(4)21/h5-7,12-13H,8-11H2,1-4H3. The summed E-state index contributed by atoms with van der Waals surface area (Å²) in [6.45, 7) is 9.23. The number of piperazine rings is 1. The fraction of sp³-hybridized carbons (Fsp3) is 0.588. The van der Waals surface area contributed by atoms with E-state index < -0.39 is 6.10 Å². The molecule has 1 saturated heterocycles. The average molecular weight is 335 g/mol. The minimum atomic E-state index is -0.646. The third kappa shape index (κ3) is 4.59. The van der Waals surface area contributed by atoms with Gasteiger partial charge in [-0.1, -0.05) is 0 Å². The number of amides is 2. The molecule has 0 saturated carbocycles. The first kappa shape index (κ1) is 18.0. The Kier molecular flexibility index (Phi) is 6.00.